The van der Waals surface area contributed by atoms with Crippen molar-refractivity contribution in [3.63, 3.8) is 0 Å². The molecule has 1 nitrogen and oxygen atoms in total. The highest BCUT2D eigenvalue weighted by atomic mass is 16.5. The van der Waals surface area contributed by atoms with Gasteiger partial charge in [0.1, 0.15) is 11.5 Å². The van der Waals surface area contributed by atoms with Gasteiger partial charge < -0.3 is 4.74 Å². The van der Waals surface area contributed by atoms with Crippen molar-refractivity contribution in [3.05, 3.63) is 86.4 Å². The predicted molar refractivity (Wildman–Crippen MR) is 122 cm³/mol. The minimum absolute atomic E-state index is 0.732. The van der Waals surface area contributed by atoms with Crippen molar-refractivity contribution in [1.29, 1.82) is 0 Å². The molecule has 0 rings (SSSR count). The van der Waals surface area contributed by atoms with Gasteiger partial charge in [0.05, 0.1) is 0 Å². The van der Waals surface area contributed by atoms with Crippen LogP contribution in [0.3, 0.4) is 0 Å². The molecule has 0 N–H and O–H groups in total. The van der Waals surface area contributed by atoms with Crippen molar-refractivity contribution in [2.75, 3.05) is 0 Å². The Balaban J connectivity index is -0.000000126. The van der Waals surface area contributed by atoms with Gasteiger partial charge in [-0.25, -0.2) is 0 Å². The summed E-state index contributed by atoms with van der Waals surface area (Å²) in [6.45, 7) is 30.3. The lowest BCUT2D eigenvalue weighted by Gasteiger charge is -2.09. The molecule has 146 valence electrons. The van der Waals surface area contributed by atoms with Gasteiger partial charge in [-0.3, -0.25) is 0 Å². The summed E-state index contributed by atoms with van der Waals surface area (Å²) >= 11 is 0. The fourth-order valence-electron chi connectivity index (χ4n) is 1.03. The molecule has 1 heteroatoms. The smallest absolute Gasteiger partial charge is 0.126 e. The lowest BCUT2D eigenvalue weighted by atomic mass is 10.2. The Morgan fingerprint density at radius 1 is 0.840 bits per heavy atom. The molecule has 0 spiro atoms. The van der Waals surface area contributed by atoms with Gasteiger partial charge >= 0.3 is 0 Å². The molecule has 0 heterocycles. The average Bonchev–Trinajstić information content (AvgIpc) is 2.68. The molecule has 0 aromatic heterocycles. The first-order chi connectivity index (χ1) is 12.2. The van der Waals surface area contributed by atoms with E-state index in [1.54, 1.807) is 18.2 Å². The van der Waals surface area contributed by atoms with Crippen LogP contribution >= 0.6 is 0 Å². The van der Waals surface area contributed by atoms with Crippen LogP contribution in [0, 0.1) is 0 Å². The third kappa shape index (κ3) is 39.1. The molecule has 0 fully saturated rings. The normalized spacial score (nSPS) is 9.28. The fourth-order valence-corrected chi connectivity index (χ4v) is 1.03. The highest BCUT2D eigenvalue weighted by Crippen LogP contribution is 2.13. The van der Waals surface area contributed by atoms with E-state index in [2.05, 4.69) is 26.3 Å². The number of allylic oxidation sites excluding steroid dienone is 9. The van der Waals surface area contributed by atoms with E-state index >= 15 is 0 Å². The summed E-state index contributed by atoms with van der Waals surface area (Å²) in [6.07, 6.45) is 16.3. The van der Waals surface area contributed by atoms with Crippen molar-refractivity contribution in [2.45, 2.75) is 68.2 Å². The van der Waals surface area contributed by atoms with E-state index in [1.165, 1.54) is 0 Å². The van der Waals surface area contributed by atoms with Crippen LogP contribution in [0.1, 0.15) is 68.2 Å². The molecule has 0 saturated heterocycles. The molecule has 0 aliphatic rings. The van der Waals surface area contributed by atoms with Gasteiger partial charge in [-0.05, 0) is 38.5 Å². The van der Waals surface area contributed by atoms with Crippen molar-refractivity contribution in [3.8, 4) is 0 Å². The first-order valence-electron chi connectivity index (χ1n) is 9.32. The Morgan fingerprint density at radius 2 is 1.32 bits per heavy atom. The summed E-state index contributed by atoms with van der Waals surface area (Å²) in [6, 6.07) is 0. The van der Waals surface area contributed by atoms with E-state index in [0.29, 0.717) is 0 Å². The Morgan fingerprint density at radius 3 is 1.64 bits per heavy atom. The van der Waals surface area contributed by atoms with Crippen LogP contribution < -0.4 is 0 Å². The quantitative estimate of drug-likeness (QED) is 0.241. The summed E-state index contributed by atoms with van der Waals surface area (Å²) < 4.78 is 5.68. The van der Waals surface area contributed by atoms with E-state index in [9.17, 15) is 0 Å². The minimum atomic E-state index is 0.732. The number of ether oxygens (including phenoxy) is 1. The van der Waals surface area contributed by atoms with E-state index < -0.39 is 0 Å². The predicted octanol–water partition coefficient (Wildman–Crippen LogP) is 8.96. The standard InChI is InChI=1S/C15H20O.C3H6.3C2H6/c1-5-9-12-14(8-4)16-15(11-7-3)13-10-6-2;1-3-2;3*1-2/h5-9,11-12H,2-4,10,13H2,1H3;3H,1H2,2H3;3*1-2H3/b9-5-,14-12+,15-11+;;;;. The summed E-state index contributed by atoms with van der Waals surface area (Å²) in [5.74, 6) is 1.60. The second-order valence-electron chi connectivity index (χ2n) is 3.51. The molecule has 0 atom stereocenters. The molecule has 25 heavy (non-hydrogen) atoms. The minimum Gasteiger partial charge on any atom is -0.462 e. The monoisotopic (exact) mass is 348 g/mol. The van der Waals surface area contributed by atoms with Crippen LogP contribution in [-0.4, -0.2) is 0 Å². The summed E-state index contributed by atoms with van der Waals surface area (Å²) in [7, 11) is 0. The molecule has 0 amide bonds. The molecule has 0 aromatic carbocycles. The highest BCUT2D eigenvalue weighted by molar-refractivity contribution is 5.19. The topological polar surface area (TPSA) is 9.23 Å². The lowest BCUT2D eigenvalue weighted by molar-refractivity contribution is 0.305. The largest absolute Gasteiger partial charge is 0.462 e. The zero-order chi connectivity index (χ0) is 20.9. The van der Waals surface area contributed by atoms with Gasteiger partial charge in [0, 0.05) is 6.42 Å². The molecule has 0 saturated carbocycles. The number of hydrogen-bond donors (Lipinski definition) is 0. The Kier molecular flexibility index (Phi) is 59.2. The van der Waals surface area contributed by atoms with Gasteiger partial charge in [-0.15, -0.1) is 13.2 Å². The fraction of sp³-hybridized carbons (Fsp3) is 0.417. The van der Waals surface area contributed by atoms with Gasteiger partial charge in [0.2, 0.25) is 0 Å². The van der Waals surface area contributed by atoms with Crippen LogP contribution in [0.2, 0.25) is 0 Å². The maximum Gasteiger partial charge on any atom is 0.126 e. The third-order valence-corrected chi connectivity index (χ3v) is 1.80. The van der Waals surface area contributed by atoms with Gasteiger partial charge in [-0.2, -0.15) is 0 Å². The second-order valence-corrected chi connectivity index (χ2v) is 3.51. The Bertz CT molecular complexity index is 354. The van der Waals surface area contributed by atoms with E-state index in [-0.39, 0.29) is 0 Å². The molecule has 0 radical (unpaired) electrons. The molecular weight excluding hydrogens is 304 g/mol. The van der Waals surface area contributed by atoms with Gasteiger partial charge in [-0.1, -0.05) is 85.1 Å². The highest BCUT2D eigenvalue weighted by Gasteiger charge is 1.98. The first kappa shape index (κ1) is 34.3. The molecule has 0 bridgehead atoms. The Labute approximate surface area is 159 Å². The zero-order valence-corrected chi connectivity index (χ0v) is 18.3. The van der Waals surface area contributed by atoms with Crippen LogP contribution in [0.15, 0.2) is 86.4 Å². The number of hydrogen-bond acceptors (Lipinski definition) is 1. The van der Waals surface area contributed by atoms with Crippen molar-refractivity contribution in [1.82, 2.24) is 0 Å². The SMILES string of the molecule is C=C/C=C(\CCC=C)O/C(C=C)=C/C=C\C.C=CC.CC.CC.CC. The van der Waals surface area contributed by atoms with Crippen LogP contribution in [0.25, 0.3) is 0 Å². The van der Waals surface area contributed by atoms with Gasteiger partial charge in [0.15, 0.2) is 0 Å². The zero-order valence-electron chi connectivity index (χ0n) is 18.3. The Hall–Kier alpha value is -2.02. The molecule has 0 unspecified atom stereocenters. The second kappa shape index (κ2) is 43.1. The van der Waals surface area contributed by atoms with E-state index in [0.717, 1.165) is 24.4 Å². The molecular formula is C24H44O. The van der Waals surface area contributed by atoms with E-state index in [1.807, 2.05) is 85.8 Å². The lowest BCUT2D eigenvalue weighted by Crippen LogP contribution is -1.91. The third-order valence-electron chi connectivity index (χ3n) is 1.80. The number of rotatable bonds is 8. The van der Waals surface area contributed by atoms with Gasteiger partial charge in [0.25, 0.3) is 0 Å². The van der Waals surface area contributed by atoms with Crippen molar-refractivity contribution < 1.29 is 4.74 Å². The average molecular weight is 349 g/mol. The maximum atomic E-state index is 5.68. The summed E-state index contributed by atoms with van der Waals surface area (Å²) in [5, 5.41) is 0. The molecule has 0 aliphatic heterocycles. The summed E-state index contributed by atoms with van der Waals surface area (Å²) in [5.41, 5.74) is 0. The van der Waals surface area contributed by atoms with Crippen LogP contribution in [0.4, 0.5) is 0 Å². The van der Waals surface area contributed by atoms with Crippen LogP contribution in [-0.2, 0) is 4.74 Å². The van der Waals surface area contributed by atoms with Crippen molar-refractivity contribution in [2.24, 2.45) is 0 Å². The maximum absolute atomic E-state index is 5.68. The molecule has 0 aliphatic carbocycles. The van der Waals surface area contributed by atoms with Crippen molar-refractivity contribution >= 4 is 0 Å². The van der Waals surface area contributed by atoms with Crippen LogP contribution in [0.5, 0.6) is 0 Å². The summed E-state index contributed by atoms with van der Waals surface area (Å²) in [4.78, 5) is 0. The first-order valence-corrected chi connectivity index (χ1v) is 9.32. The molecule has 0 aromatic rings. The van der Waals surface area contributed by atoms with E-state index in [4.69, 9.17) is 4.74 Å².